The van der Waals surface area contributed by atoms with E-state index in [9.17, 15) is 0 Å². The highest BCUT2D eigenvalue weighted by Gasteiger charge is 2.45. The van der Waals surface area contributed by atoms with Crippen molar-refractivity contribution in [2.24, 2.45) is 11.1 Å². The van der Waals surface area contributed by atoms with Crippen molar-refractivity contribution in [3.8, 4) is 0 Å². The normalized spacial score (nSPS) is 19.8. The van der Waals surface area contributed by atoms with Crippen LogP contribution in [0.2, 0.25) is 5.02 Å². The van der Waals surface area contributed by atoms with Crippen LogP contribution in [0.3, 0.4) is 0 Å². The van der Waals surface area contributed by atoms with Crippen LogP contribution in [0.5, 0.6) is 0 Å². The molecule has 7 heteroatoms. The molecule has 0 radical (unpaired) electrons. The first-order valence-corrected chi connectivity index (χ1v) is 10.9. The number of aromatic nitrogens is 3. The van der Waals surface area contributed by atoms with Crippen molar-refractivity contribution in [3.05, 3.63) is 76.3 Å². The number of nitrogen functional groups attached to an aromatic ring is 1. The van der Waals surface area contributed by atoms with Gasteiger partial charge in [-0.05, 0) is 53.5 Å². The van der Waals surface area contributed by atoms with Crippen LogP contribution in [-0.4, -0.2) is 28.0 Å². The average molecular weight is 433 g/mol. The largest absolute Gasteiger partial charge is 0.382 e. The predicted octanol–water partition coefficient (Wildman–Crippen LogP) is 4.12. The minimum Gasteiger partial charge on any atom is -0.382 e. The number of fused-ring (bicyclic) bond motifs is 1. The molecule has 5 rings (SSSR count). The Balaban J connectivity index is 1.25. The number of anilines is 2. The second-order valence-corrected chi connectivity index (χ2v) is 8.81. The van der Waals surface area contributed by atoms with Gasteiger partial charge >= 0.3 is 0 Å². The van der Waals surface area contributed by atoms with E-state index in [1.807, 2.05) is 24.4 Å². The Morgan fingerprint density at radius 3 is 2.58 bits per heavy atom. The molecule has 1 aliphatic heterocycles. The molecule has 6 nitrogen and oxygen atoms in total. The quantitative estimate of drug-likeness (QED) is 0.646. The maximum atomic E-state index is 6.69. The molecule has 0 bridgehead atoms. The molecule has 4 N–H and O–H groups in total. The number of nitrogens with zero attached hydrogens (tertiary/aromatic N) is 4. The zero-order chi connectivity index (χ0) is 21.4. The molecule has 2 aliphatic rings. The second kappa shape index (κ2) is 7.94. The van der Waals surface area contributed by atoms with Gasteiger partial charge in [0.15, 0.2) is 0 Å². The van der Waals surface area contributed by atoms with Crippen molar-refractivity contribution < 1.29 is 0 Å². The van der Waals surface area contributed by atoms with E-state index in [1.54, 1.807) is 12.4 Å². The maximum Gasteiger partial charge on any atom is 0.147 e. The van der Waals surface area contributed by atoms with Crippen molar-refractivity contribution >= 4 is 35.4 Å². The molecule has 1 aliphatic carbocycles. The number of rotatable bonds is 3. The maximum absolute atomic E-state index is 6.69. The summed E-state index contributed by atoms with van der Waals surface area (Å²) in [5.74, 6) is 1.22. The molecule has 0 amide bonds. The van der Waals surface area contributed by atoms with Crippen LogP contribution in [0.1, 0.15) is 41.3 Å². The van der Waals surface area contributed by atoms with Crippen LogP contribution in [-0.2, 0) is 6.42 Å². The summed E-state index contributed by atoms with van der Waals surface area (Å²) in [6.45, 7) is 1.88. The van der Waals surface area contributed by atoms with Crippen molar-refractivity contribution in [1.82, 2.24) is 15.0 Å². The second-order valence-electron chi connectivity index (χ2n) is 8.43. The Morgan fingerprint density at radius 2 is 1.84 bits per heavy atom. The van der Waals surface area contributed by atoms with Crippen LogP contribution < -0.4 is 16.4 Å². The number of benzene rings is 1. The van der Waals surface area contributed by atoms with Crippen molar-refractivity contribution in [2.45, 2.75) is 25.3 Å². The summed E-state index contributed by atoms with van der Waals surface area (Å²) in [7, 11) is 0. The highest BCUT2D eigenvalue weighted by Crippen LogP contribution is 2.50. The Hall–Kier alpha value is -2.96. The minimum atomic E-state index is 0.124. The van der Waals surface area contributed by atoms with Gasteiger partial charge in [-0.3, -0.25) is 4.98 Å². The molecule has 1 saturated heterocycles. The van der Waals surface area contributed by atoms with E-state index < -0.39 is 0 Å². The molecule has 2 aromatic heterocycles. The van der Waals surface area contributed by atoms with Crippen molar-refractivity contribution in [3.63, 3.8) is 0 Å². The lowest BCUT2D eigenvalue weighted by molar-refractivity contribution is 0.187. The fraction of sp³-hybridized carbons (Fsp3) is 0.292. The molecule has 0 saturated carbocycles. The summed E-state index contributed by atoms with van der Waals surface area (Å²) < 4.78 is 0. The molecular formula is C24H25ClN6. The highest BCUT2D eigenvalue weighted by atomic mass is 35.5. The molecule has 0 unspecified atom stereocenters. The summed E-state index contributed by atoms with van der Waals surface area (Å²) in [4.78, 5) is 15.5. The van der Waals surface area contributed by atoms with Gasteiger partial charge in [0, 0.05) is 25.3 Å². The molecule has 1 aromatic carbocycles. The molecule has 3 heterocycles. The zero-order valence-electron chi connectivity index (χ0n) is 17.2. The minimum absolute atomic E-state index is 0.124. The van der Waals surface area contributed by atoms with E-state index >= 15 is 0 Å². The van der Waals surface area contributed by atoms with Gasteiger partial charge in [-0.2, -0.15) is 0 Å². The van der Waals surface area contributed by atoms with Gasteiger partial charge in [0.25, 0.3) is 0 Å². The number of pyridine rings is 1. The van der Waals surface area contributed by atoms with Gasteiger partial charge in [-0.1, -0.05) is 41.9 Å². The average Bonchev–Trinajstić information content (AvgIpc) is 3.07. The Bertz CT molecular complexity index is 1120. The van der Waals surface area contributed by atoms with Crippen molar-refractivity contribution in [1.29, 1.82) is 0 Å². The standard InChI is InChI=1S/C24H25ClN6/c25-21-16(7-10-28-23(21)27)5-6-18-14-30-20(15-29-18)31-11-8-24(9-12-31)13-17-3-1-2-4-19(17)22(24)26/h1-7,10,14-15,22H,8-9,11-13,26H2,(H2,27,28)/b6-5-/t22-/m1/s1. The summed E-state index contributed by atoms with van der Waals surface area (Å²) in [6, 6.07) is 10.6. The zero-order valence-corrected chi connectivity index (χ0v) is 18.0. The first-order chi connectivity index (χ1) is 15.1. The fourth-order valence-electron chi connectivity index (χ4n) is 4.85. The van der Waals surface area contributed by atoms with Gasteiger partial charge < -0.3 is 16.4 Å². The lowest BCUT2D eigenvalue weighted by Crippen LogP contribution is -2.44. The molecule has 31 heavy (non-hydrogen) atoms. The Labute approximate surface area is 187 Å². The third-order valence-corrected chi connectivity index (χ3v) is 7.13. The van der Waals surface area contributed by atoms with Crippen LogP contribution in [0.4, 0.5) is 11.6 Å². The summed E-state index contributed by atoms with van der Waals surface area (Å²) in [6.07, 6.45) is 12.2. The SMILES string of the molecule is Nc1nccc(/C=C\c2cnc(N3CCC4(CC3)Cc3ccccc3[C@H]4N)cn2)c1Cl. The van der Waals surface area contributed by atoms with E-state index in [0.29, 0.717) is 10.8 Å². The first kappa shape index (κ1) is 20.0. The first-order valence-electron chi connectivity index (χ1n) is 10.5. The molecular weight excluding hydrogens is 408 g/mol. The van der Waals surface area contributed by atoms with E-state index in [1.165, 1.54) is 11.1 Å². The lowest BCUT2D eigenvalue weighted by atomic mass is 9.73. The van der Waals surface area contributed by atoms with E-state index in [4.69, 9.17) is 23.1 Å². The van der Waals surface area contributed by atoms with E-state index in [2.05, 4.69) is 44.1 Å². The summed E-state index contributed by atoms with van der Waals surface area (Å²) in [5.41, 5.74) is 16.9. The molecule has 1 atom stereocenters. The number of hydrogen-bond donors (Lipinski definition) is 2. The fourth-order valence-corrected chi connectivity index (χ4v) is 5.02. The van der Waals surface area contributed by atoms with Crippen molar-refractivity contribution in [2.75, 3.05) is 23.7 Å². The third kappa shape index (κ3) is 3.66. The van der Waals surface area contributed by atoms with Crippen LogP contribution in [0, 0.1) is 5.41 Å². The number of piperidine rings is 1. The Morgan fingerprint density at radius 1 is 1.03 bits per heavy atom. The van der Waals surface area contributed by atoms with Gasteiger partial charge in [0.1, 0.15) is 11.6 Å². The molecule has 1 fully saturated rings. The summed E-state index contributed by atoms with van der Waals surface area (Å²) in [5, 5.41) is 0.442. The Kier molecular flexibility index (Phi) is 5.12. The topological polar surface area (TPSA) is 94.0 Å². The van der Waals surface area contributed by atoms with Gasteiger partial charge in [-0.25, -0.2) is 9.97 Å². The molecule has 3 aromatic rings. The van der Waals surface area contributed by atoms with E-state index in [-0.39, 0.29) is 11.5 Å². The van der Waals surface area contributed by atoms with Gasteiger partial charge in [0.2, 0.25) is 0 Å². The van der Waals surface area contributed by atoms with E-state index in [0.717, 1.165) is 49.4 Å². The number of hydrogen-bond acceptors (Lipinski definition) is 6. The molecule has 1 spiro atoms. The van der Waals surface area contributed by atoms with Crippen LogP contribution >= 0.6 is 11.6 Å². The van der Waals surface area contributed by atoms with Gasteiger partial charge in [0.05, 0.1) is 23.1 Å². The smallest absolute Gasteiger partial charge is 0.147 e. The third-order valence-electron chi connectivity index (χ3n) is 6.71. The van der Waals surface area contributed by atoms with Gasteiger partial charge in [-0.15, -0.1) is 0 Å². The monoisotopic (exact) mass is 432 g/mol. The predicted molar refractivity (Wildman–Crippen MR) is 126 cm³/mol. The molecule has 158 valence electrons. The lowest BCUT2D eigenvalue weighted by Gasteiger charge is -2.42. The van der Waals surface area contributed by atoms with Crippen LogP contribution in [0.15, 0.2) is 48.9 Å². The number of nitrogens with two attached hydrogens (primary N) is 2. The number of halogens is 1. The highest BCUT2D eigenvalue weighted by molar-refractivity contribution is 6.34. The van der Waals surface area contributed by atoms with Crippen LogP contribution in [0.25, 0.3) is 12.2 Å². The summed E-state index contributed by atoms with van der Waals surface area (Å²) >= 11 is 6.19.